The molecule has 1 atom stereocenters. The van der Waals surface area contributed by atoms with Crippen LogP contribution < -0.4 is 5.73 Å². The van der Waals surface area contributed by atoms with E-state index >= 15 is 0 Å². The Labute approximate surface area is 111 Å². The Bertz CT molecular complexity index is 425. The first-order valence-corrected chi connectivity index (χ1v) is 6.88. The smallest absolute Gasteiger partial charge is 0.0159 e. The first-order chi connectivity index (χ1) is 8.39. The van der Waals surface area contributed by atoms with Gasteiger partial charge >= 0.3 is 0 Å². The second-order valence-electron chi connectivity index (χ2n) is 6.51. The molecule has 0 radical (unpaired) electrons. The molecule has 100 valence electrons. The number of hydrogen-bond donors (Lipinski definition) is 1. The SMILES string of the molecule is Cc1cccc(C2(CN)CCN(C)C(C)(C)C2)c1. The summed E-state index contributed by atoms with van der Waals surface area (Å²) >= 11 is 0. The number of nitrogens with two attached hydrogens (primary N) is 1. The van der Waals surface area contributed by atoms with Crippen molar-refractivity contribution in [2.75, 3.05) is 20.1 Å². The number of aryl methyl sites for hydroxylation is 1. The minimum atomic E-state index is 0.155. The largest absolute Gasteiger partial charge is 0.330 e. The second-order valence-corrected chi connectivity index (χ2v) is 6.51. The molecule has 2 nitrogen and oxygen atoms in total. The minimum absolute atomic E-state index is 0.155. The second kappa shape index (κ2) is 4.67. The Morgan fingerprint density at radius 2 is 2.06 bits per heavy atom. The van der Waals surface area contributed by atoms with Crippen molar-refractivity contribution in [1.29, 1.82) is 0 Å². The quantitative estimate of drug-likeness (QED) is 0.869. The maximum absolute atomic E-state index is 6.17. The summed E-state index contributed by atoms with van der Waals surface area (Å²) in [6.07, 6.45) is 2.29. The Hall–Kier alpha value is -0.860. The number of likely N-dealkylation sites (tertiary alicyclic amines) is 1. The molecular weight excluding hydrogens is 220 g/mol. The van der Waals surface area contributed by atoms with Gasteiger partial charge in [0.25, 0.3) is 0 Å². The summed E-state index contributed by atoms with van der Waals surface area (Å²) < 4.78 is 0. The van der Waals surface area contributed by atoms with Crippen LogP contribution in [0.1, 0.15) is 37.8 Å². The van der Waals surface area contributed by atoms with Crippen molar-refractivity contribution >= 4 is 0 Å². The lowest BCUT2D eigenvalue weighted by Gasteiger charge is -2.50. The molecule has 1 aliphatic rings. The van der Waals surface area contributed by atoms with Gasteiger partial charge in [-0.05, 0) is 52.8 Å². The molecule has 18 heavy (non-hydrogen) atoms. The van der Waals surface area contributed by atoms with Crippen molar-refractivity contribution in [1.82, 2.24) is 4.90 Å². The van der Waals surface area contributed by atoms with E-state index in [1.807, 2.05) is 0 Å². The maximum Gasteiger partial charge on any atom is 0.0159 e. The van der Waals surface area contributed by atoms with Crippen molar-refractivity contribution in [3.05, 3.63) is 35.4 Å². The predicted octanol–water partition coefficient (Wildman–Crippen LogP) is 2.70. The Kier molecular flexibility index (Phi) is 3.52. The third-order valence-electron chi connectivity index (χ3n) is 4.75. The highest BCUT2D eigenvalue weighted by Crippen LogP contribution is 2.41. The van der Waals surface area contributed by atoms with Gasteiger partial charge in [-0.3, -0.25) is 0 Å². The fraction of sp³-hybridized carbons (Fsp3) is 0.625. The molecule has 1 heterocycles. The van der Waals surface area contributed by atoms with Gasteiger partial charge in [0.15, 0.2) is 0 Å². The van der Waals surface area contributed by atoms with Crippen LogP contribution in [0.15, 0.2) is 24.3 Å². The Morgan fingerprint density at radius 3 is 2.61 bits per heavy atom. The zero-order chi connectivity index (χ0) is 13.4. The van der Waals surface area contributed by atoms with Crippen LogP contribution in [0.5, 0.6) is 0 Å². The molecule has 1 fully saturated rings. The van der Waals surface area contributed by atoms with E-state index in [9.17, 15) is 0 Å². The van der Waals surface area contributed by atoms with Crippen molar-refractivity contribution in [2.24, 2.45) is 5.73 Å². The zero-order valence-corrected chi connectivity index (χ0v) is 12.2. The van der Waals surface area contributed by atoms with Gasteiger partial charge in [0.2, 0.25) is 0 Å². The van der Waals surface area contributed by atoms with Crippen LogP contribution in [0.2, 0.25) is 0 Å². The molecule has 1 aromatic carbocycles. The lowest BCUT2D eigenvalue weighted by atomic mass is 9.66. The van der Waals surface area contributed by atoms with Crippen molar-refractivity contribution in [3.8, 4) is 0 Å². The van der Waals surface area contributed by atoms with Crippen LogP contribution in [0.4, 0.5) is 0 Å². The average molecular weight is 246 g/mol. The van der Waals surface area contributed by atoms with Gasteiger partial charge in [-0.1, -0.05) is 29.8 Å². The summed E-state index contributed by atoms with van der Waals surface area (Å²) in [5.41, 5.74) is 9.30. The molecule has 2 rings (SSSR count). The van der Waals surface area contributed by atoms with Crippen LogP contribution in [0.25, 0.3) is 0 Å². The van der Waals surface area contributed by atoms with Crippen LogP contribution in [0, 0.1) is 6.92 Å². The molecule has 0 aromatic heterocycles. The highest BCUT2D eigenvalue weighted by atomic mass is 15.2. The molecule has 1 aromatic rings. The van der Waals surface area contributed by atoms with Gasteiger partial charge in [-0.15, -0.1) is 0 Å². The first kappa shape index (κ1) is 13.6. The fourth-order valence-corrected chi connectivity index (χ4v) is 3.25. The normalized spacial score (nSPS) is 28.3. The Morgan fingerprint density at radius 1 is 1.33 bits per heavy atom. The number of rotatable bonds is 2. The van der Waals surface area contributed by atoms with Gasteiger partial charge in [0, 0.05) is 17.5 Å². The zero-order valence-electron chi connectivity index (χ0n) is 12.2. The van der Waals surface area contributed by atoms with Crippen LogP contribution in [0.3, 0.4) is 0 Å². The van der Waals surface area contributed by atoms with Crippen LogP contribution in [-0.2, 0) is 5.41 Å². The molecule has 0 saturated carbocycles. The standard InChI is InChI=1S/C16H26N2/c1-13-6-5-7-14(10-13)16(12-17)8-9-18(4)15(2,3)11-16/h5-7,10H,8-9,11-12,17H2,1-4H3. The molecule has 0 spiro atoms. The van der Waals surface area contributed by atoms with Crippen LogP contribution in [-0.4, -0.2) is 30.6 Å². The first-order valence-electron chi connectivity index (χ1n) is 6.88. The minimum Gasteiger partial charge on any atom is -0.330 e. The van der Waals surface area contributed by atoms with E-state index in [1.54, 1.807) is 0 Å². The highest BCUT2D eigenvalue weighted by molar-refractivity contribution is 5.31. The van der Waals surface area contributed by atoms with E-state index in [0.29, 0.717) is 0 Å². The van der Waals surface area contributed by atoms with Gasteiger partial charge in [-0.25, -0.2) is 0 Å². The van der Waals surface area contributed by atoms with E-state index in [1.165, 1.54) is 11.1 Å². The molecular formula is C16H26N2. The van der Waals surface area contributed by atoms with Crippen molar-refractivity contribution < 1.29 is 0 Å². The van der Waals surface area contributed by atoms with Gasteiger partial charge < -0.3 is 10.6 Å². The topological polar surface area (TPSA) is 29.3 Å². The lowest BCUT2D eigenvalue weighted by molar-refractivity contribution is 0.0567. The monoisotopic (exact) mass is 246 g/mol. The van der Waals surface area contributed by atoms with E-state index in [0.717, 1.165) is 25.9 Å². The van der Waals surface area contributed by atoms with Gasteiger partial charge in [-0.2, -0.15) is 0 Å². The summed E-state index contributed by atoms with van der Waals surface area (Å²) in [7, 11) is 2.22. The number of piperidine rings is 1. The van der Waals surface area contributed by atoms with E-state index in [4.69, 9.17) is 5.73 Å². The van der Waals surface area contributed by atoms with Crippen LogP contribution >= 0.6 is 0 Å². The van der Waals surface area contributed by atoms with Crippen molar-refractivity contribution in [2.45, 2.75) is 44.6 Å². The molecule has 1 unspecified atom stereocenters. The van der Waals surface area contributed by atoms with Gasteiger partial charge in [0.1, 0.15) is 0 Å². The molecule has 0 bridgehead atoms. The molecule has 2 N–H and O–H groups in total. The van der Waals surface area contributed by atoms with Crippen molar-refractivity contribution in [3.63, 3.8) is 0 Å². The summed E-state index contributed by atoms with van der Waals surface area (Å²) in [6.45, 7) is 8.68. The summed E-state index contributed by atoms with van der Waals surface area (Å²) in [6, 6.07) is 8.89. The molecule has 1 saturated heterocycles. The predicted molar refractivity (Wildman–Crippen MR) is 77.9 cm³/mol. The summed E-state index contributed by atoms with van der Waals surface area (Å²) in [5.74, 6) is 0. The number of hydrogen-bond acceptors (Lipinski definition) is 2. The number of nitrogens with zero attached hydrogens (tertiary/aromatic N) is 1. The maximum atomic E-state index is 6.17. The third kappa shape index (κ3) is 2.32. The molecule has 0 aliphatic carbocycles. The summed E-state index contributed by atoms with van der Waals surface area (Å²) in [4.78, 5) is 2.46. The van der Waals surface area contributed by atoms with E-state index < -0.39 is 0 Å². The van der Waals surface area contributed by atoms with E-state index in [-0.39, 0.29) is 11.0 Å². The molecule has 1 aliphatic heterocycles. The Balaban J connectivity index is 2.38. The lowest BCUT2D eigenvalue weighted by Crippen LogP contribution is -2.55. The summed E-state index contributed by atoms with van der Waals surface area (Å²) in [5, 5.41) is 0. The molecule has 0 amide bonds. The van der Waals surface area contributed by atoms with Gasteiger partial charge in [0.05, 0.1) is 0 Å². The third-order valence-corrected chi connectivity index (χ3v) is 4.75. The molecule has 2 heteroatoms. The average Bonchev–Trinajstić information content (AvgIpc) is 2.33. The number of benzene rings is 1. The van der Waals surface area contributed by atoms with E-state index in [2.05, 4.69) is 57.0 Å². The fourth-order valence-electron chi connectivity index (χ4n) is 3.25. The highest BCUT2D eigenvalue weighted by Gasteiger charge is 2.42.